The van der Waals surface area contributed by atoms with Crippen LogP contribution in [0, 0.1) is 19.8 Å². The van der Waals surface area contributed by atoms with Crippen LogP contribution >= 0.6 is 0 Å². The van der Waals surface area contributed by atoms with E-state index in [9.17, 15) is 21.6 Å². The molecule has 56 heavy (non-hydrogen) atoms. The van der Waals surface area contributed by atoms with E-state index in [1.54, 1.807) is 74.5 Å². The first-order chi connectivity index (χ1) is 26.7. The molecule has 0 fully saturated rings. The van der Waals surface area contributed by atoms with Crippen LogP contribution in [0.3, 0.4) is 0 Å². The number of nitrogens with one attached hydrogen (secondary N) is 1. The van der Waals surface area contributed by atoms with Crippen LogP contribution in [0.5, 0.6) is 0 Å². The molecule has 3 N–H and O–H groups in total. The van der Waals surface area contributed by atoms with Gasteiger partial charge in [-0.25, -0.2) is 16.8 Å². The SMILES string of the molecule is COC(=O)[C@H](C(C)C)N(C[C@H](Cc1ccccc1)Nc1ccccc1N(C[C@@H](N)Cc1ccccc1)S(=O)(=O)c1ccc(C)cc1)S(=O)(=O)c1ccc(C)cc1. The molecule has 0 heterocycles. The molecular weight excluding hydrogens is 745 g/mol. The Hall–Kier alpha value is -5.01. The van der Waals surface area contributed by atoms with Crippen LogP contribution in [0.4, 0.5) is 11.4 Å². The summed E-state index contributed by atoms with van der Waals surface area (Å²) in [6, 6.07) is 37.1. The number of ether oxygens (including phenoxy) is 1. The average molecular weight is 797 g/mol. The monoisotopic (exact) mass is 796 g/mol. The molecule has 5 rings (SSSR count). The number of aryl methyl sites for hydroxylation is 2. The number of sulfonamides is 2. The fourth-order valence-electron chi connectivity index (χ4n) is 6.72. The van der Waals surface area contributed by atoms with Crippen LogP contribution in [0.2, 0.25) is 0 Å². The summed E-state index contributed by atoms with van der Waals surface area (Å²) in [5, 5.41) is 3.54. The van der Waals surface area contributed by atoms with Crippen molar-refractivity contribution in [3.8, 4) is 0 Å². The summed E-state index contributed by atoms with van der Waals surface area (Å²) in [7, 11) is -7.17. The van der Waals surface area contributed by atoms with E-state index in [-0.39, 0.29) is 22.9 Å². The number of rotatable bonds is 18. The maximum atomic E-state index is 14.6. The van der Waals surface area contributed by atoms with Crippen LogP contribution in [-0.2, 0) is 42.4 Å². The number of nitrogens with two attached hydrogens (primary N) is 1. The van der Waals surface area contributed by atoms with E-state index in [0.717, 1.165) is 22.3 Å². The van der Waals surface area contributed by atoms with E-state index >= 15 is 0 Å². The molecule has 0 bridgehead atoms. The third-order valence-electron chi connectivity index (χ3n) is 9.62. The van der Waals surface area contributed by atoms with Gasteiger partial charge in [-0.05, 0) is 80.1 Å². The Labute approximate surface area is 332 Å². The first-order valence-electron chi connectivity index (χ1n) is 18.7. The zero-order chi connectivity index (χ0) is 40.5. The highest BCUT2D eigenvalue weighted by atomic mass is 32.2. The van der Waals surface area contributed by atoms with Crippen molar-refractivity contribution < 1.29 is 26.4 Å². The zero-order valence-corrected chi connectivity index (χ0v) is 34.2. The second kappa shape index (κ2) is 18.8. The Kier molecular flexibility index (Phi) is 14.1. The third kappa shape index (κ3) is 10.4. The van der Waals surface area contributed by atoms with E-state index in [1.165, 1.54) is 27.9 Å². The van der Waals surface area contributed by atoms with E-state index < -0.39 is 50.1 Å². The molecule has 0 unspecified atom stereocenters. The first-order valence-corrected chi connectivity index (χ1v) is 21.5. The Morgan fingerprint density at radius 3 is 1.66 bits per heavy atom. The van der Waals surface area contributed by atoms with E-state index in [4.69, 9.17) is 10.5 Å². The lowest BCUT2D eigenvalue weighted by atomic mass is 10.0. The number of anilines is 2. The smallest absolute Gasteiger partial charge is 0.324 e. The van der Waals surface area contributed by atoms with Gasteiger partial charge in [0, 0.05) is 25.2 Å². The van der Waals surface area contributed by atoms with Crippen molar-refractivity contribution in [2.45, 2.75) is 68.5 Å². The van der Waals surface area contributed by atoms with Gasteiger partial charge in [0.15, 0.2) is 0 Å². The second-order valence-electron chi connectivity index (χ2n) is 14.4. The molecule has 0 aromatic heterocycles. The number of benzene rings is 5. The maximum Gasteiger partial charge on any atom is 0.324 e. The van der Waals surface area contributed by atoms with Gasteiger partial charge in [-0.1, -0.05) is 122 Å². The van der Waals surface area contributed by atoms with Crippen molar-refractivity contribution >= 4 is 37.4 Å². The maximum absolute atomic E-state index is 14.6. The van der Waals surface area contributed by atoms with Gasteiger partial charge in [-0.2, -0.15) is 4.31 Å². The third-order valence-corrected chi connectivity index (χ3v) is 13.3. The van der Waals surface area contributed by atoms with Gasteiger partial charge in [0.1, 0.15) is 6.04 Å². The highest BCUT2D eigenvalue weighted by molar-refractivity contribution is 7.92. The molecule has 0 amide bonds. The van der Waals surface area contributed by atoms with Gasteiger partial charge in [-0.3, -0.25) is 9.10 Å². The standard InChI is InChI=1S/C44H52N4O6S2/c1-32(2)43(44(49)54-5)48(56(52,53)40-26-22-34(4)23-27-40)31-38(29-36-16-10-7-11-17-36)46-41-18-12-13-19-42(41)47(30-37(45)28-35-14-8-6-9-15-35)55(50,51)39-24-20-33(3)21-25-39/h6-27,32,37-38,43,46H,28-31,45H2,1-5H3/t37-,38-,43-/m0/s1. The van der Waals surface area contributed by atoms with Gasteiger partial charge in [0.25, 0.3) is 10.0 Å². The highest BCUT2D eigenvalue weighted by Gasteiger charge is 2.40. The van der Waals surface area contributed by atoms with Crippen molar-refractivity contribution in [2.75, 3.05) is 29.8 Å². The van der Waals surface area contributed by atoms with Crippen molar-refractivity contribution in [1.82, 2.24) is 4.31 Å². The van der Waals surface area contributed by atoms with Crippen LogP contribution in [0.15, 0.2) is 143 Å². The molecule has 0 aliphatic heterocycles. The first kappa shape index (κ1) is 42.1. The Balaban J connectivity index is 1.62. The lowest BCUT2D eigenvalue weighted by Crippen LogP contribution is -2.52. The predicted octanol–water partition coefficient (Wildman–Crippen LogP) is 6.98. The fourth-order valence-corrected chi connectivity index (χ4v) is 10.0. The molecule has 12 heteroatoms. The largest absolute Gasteiger partial charge is 0.468 e. The summed E-state index contributed by atoms with van der Waals surface area (Å²) < 4.78 is 66.2. The molecule has 0 saturated heterocycles. The number of esters is 1. The molecule has 0 saturated carbocycles. The molecule has 0 radical (unpaired) electrons. The molecule has 5 aromatic carbocycles. The quantitative estimate of drug-likeness (QED) is 0.0907. The lowest BCUT2D eigenvalue weighted by Gasteiger charge is -2.35. The van der Waals surface area contributed by atoms with Crippen LogP contribution in [-0.4, -0.2) is 65.4 Å². The van der Waals surface area contributed by atoms with Gasteiger partial charge in [-0.15, -0.1) is 0 Å². The van der Waals surface area contributed by atoms with Crippen LogP contribution in [0.1, 0.15) is 36.1 Å². The van der Waals surface area contributed by atoms with Gasteiger partial charge in [0.05, 0.1) is 28.3 Å². The van der Waals surface area contributed by atoms with E-state index in [1.807, 2.05) is 74.5 Å². The lowest BCUT2D eigenvalue weighted by molar-refractivity contribution is -0.146. The van der Waals surface area contributed by atoms with Gasteiger partial charge in [0.2, 0.25) is 10.0 Å². The second-order valence-corrected chi connectivity index (χ2v) is 18.2. The predicted molar refractivity (Wildman–Crippen MR) is 224 cm³/mol. The van der Waals surface area contributed by atoms with Gasteiger partial charge < -0.3 is 15.8 Å². The number of carbonyl (C=O) groups is 1. The molecule has 0 spiro atoms. The summed E-state index contributed by atoms with van der Waals surface area (Å²) in [5.74, 6) is -1.13. The highest BCUT2D eigenvalue weighted by Crippen LogP contribution is 2.33. The van der Waals surface area contributed by atoms with Crippen LogP contribution in [0.25, 0.3) is 0 Å². The Morgan fingerprint density at radius 1 is 0.661 bits per heavy atom. The normalized spacial score (nSPS) is 13.6. The summed E-state index contributed by atoms with van der Waals surface area (Å²) in [6.45, 7) is 7.12. The van der Waals surface area contributed by atoms with Crippen molar-refractivity contribution in [3.63, 3.8) is 0 Å². The van der Waals surface area contributed by atoms with Crippen molar-refractivity contribution in [1.29, 1.82) is 0 Å². The van der Waals surface area contributed by atoms with Crippen molar-refractivity contribution in [2.24, 2.45) is 11.7 Å². The topological polar surface area (TPSA) is 139 Å². The molecule has 5 aromatic rings. The van der Waals surface area contributed by atoms with Crippen molar-refractivity contribution in [3.05, 3.63) is 156 Å². The minimum atomic E-state index is -4.26. The fraction of sp³-hybridized carbons (Fsp3) is 0.295. The molecule has 0 aliphatic carbocycles. The van der Waals surface area contributed by atoms with E-state index in [0.29, 0.717) is 24.2 Å². The average Bonchev–Trinajstić information content (AvgIpc) is 3.18. The van der Waals surface area contributed by atoms with Crippen LogP contribution < -0.4 is 15.4 Å². The number of nitrogens with zero attached hydrogens (tertiary/aromatic N) is 2. The number of para-hydroxylation sites is 2. The molecule has 296 valence electrons. The number of methoxy groups -OCH3 is 1. The number of hydrogen-bond acceptors (Lipinski definition) is 8. The molecule has 3 atom stereocenters. The minimum absolute atomic E-state index is 0.0410. The molecular formula is C44H52N4O6S2. The summed E-state index contributed by atoms with van der Waals surface area (Å²) in [4.78, 5) is 13.6. The summed E-state index contributed by atoms with van der Waals surface area (Å²) in [6.07, 6.45) is 0.766. The van der Waals surface area contributed by atoms with Gasteiger partial charge >= 0.3 is 5.97 Å². The number of hydrogen-bond donors (Lipinski definition) is 2. The Bertz CT molecular complexity index is 2250. The minimum Gasteiger partial charge on any atom is -0.468 e. The summed E-state index contributed by atoms with van der Waals surface area (Å²) >= 11 is 0. The Morgan fingerprint density at radius 2 is 1.14 bits per heavy atom. The number of carbonyl (C=O) groups excluding carboxylic acids is 1. The zero-order valence-electron chi connectivity index (χ0n) is 32.6. The summed E-state index contributed by atoms with van der Waals surface area (Å²) in [5.41, 5.74) is 11.2. The van der Waals surface area contributed by atoms with E-state index in [2.05, 4.69) is 5.32 Å². The molecule has 10 nitrogen and oxygen atoms in total. The molecule has 0 aliphatic rings.